The molecule has 1 aromatic carbocycles. The summed E-state index contributed by atoms with van der Waals surface area (Å²) in [6, 6.07) is 5.82. The zero-order valence-electron chi connectivity index (χ0n) is 13.6. The number of benzene rings is 1. The van der Waals surface area contributed by atoms with E-state index in [0.29, 0.717) is 18.5 Å². The fourth-order valence-corrected chi connectivity index (χ4v) is 3.84. The average molecular weight is 362 g/mol. The second kappa shape index (κ2) is 6.44. The molecule has 0 unspecified atom stereocenters. The lowest BCUT2D eigenvalue weighted by Gasteiger charge is -2.14. The predicted molar refractivity (Wildman–Crippen MR) is 90.3 cm³/mol. The highest BCUT2D eigenvalue weighted by molar-refractivity contribution is 7.90. The molecule has 1 aliphatic heterocycles. The van der Waals surface area contributed by atoms with Gasteiger partial charge in [-0.3, -0.25) is 19.3 Å². The summed E-state index contributed by atoms with van der Waals surface area (Å²) in [6.07, 6.45) is 5.87. The van der Waals surface area contributed by atoms with Crippen molar-refractivity contribution in [3.63, 3.8) is 0 Å². The molecule has 3 amide bonds. The molecule has 0 aromatic heterocycles. The van der Waals surface area contributed by atoms with Crippen LogP contribution in [-0.2, 0) is 24.2 Å². The first kappa shape index (κ1) is 17.3. The molecule has 1 fully saturated rings. The molecule has 0 spiro atoms. The van der Waals surface area contributed by atoms with Crippen molar-refractivity contribution in [2.24, 2.45) is 11.8 Å². The van der Waals surface area contributed by atoms with Gasteiger partial charge in [-0.25, -0.2) is 8.42 Å². The van der Waals surface area contributed by atoms with Crippen molar-refractivity contribution in [3.05, 3.63) is 36.4 Å². The van der Waals surface area contributed by atoms with Crippen LogP contribution in [0.15, 0.2) is 41.3 Å². The summed E-state index contributed by atoms with van der Waals surface area (Å²) in [5, 5.41) is 2.54. The fraction of sp³-hybridized carbons (Fsp3) is 0.353. The lowest BCUT2D eigenvalue weighted by molar-refractivity contribution is -0.142. The van der Waals surface area contributed by atoms with Crippen LogP contribution >= 0.6 is 0 Å². The van der Waals surface area contributed by atoms with Gasteiger partial charge in [0.25, 0.3) is 0 Å². The van der Waals surface area contributed by atoms with Gasteiger partial charge < -0.3 is 5.32 Å². The van der Waals surface area contributed by atoms with Crippen LogP contribution in [0.25, 0.3) is 0 Å². The average Bonchev–Trinajstić information content (AvgIpc) is 2.80. The van der Waals surface area contributed by atoms with Gasteiger partial charge in [-0.2, -0.15) is 0 Å². The number of allylic oxidation sites excluding steroid dienone is 2. The molecule has 0 saturated carbocycles. The van der Waals surface area contributed by atoms with Gasteiger partial charge in [0.15, 0.2) is 9.84 Å². The fourth-order valence-electron chi connectivity index (χ4n) is 3.17. The highest BCUT2D eigenvalue weighted by atomic mass is 32.2. The summed E-state index contributed by atoms with van der Waals surface area (Å²) in [5.41, 5.74) is 0.297. The maximum Gasteiger partial charge on any atom is 0.244 e. The van der Waals surface area contributed by atoms with Crippen molar-refractivity contribution < 1.29 is 22.8 Å². The number of rotatable bonds is 4. The van der Waals surface area contributed by atoms with Gasteiger partial charge in [-0.05, 0) is 31.0 Å². The molecular formula is C17H18N2O5S. The van der Waals surface area contributed by atoms with Crippen molar-refractivity contribution in [2.45, 2.75) is 17.7 Å². The maximum atomic E-state index is 12.3. The van der Waals surface area contributed by atoms with Crippen LogP contribution in [0.2, 0.25) is 0 Å². The number of sulfone groups is 1. The van der Waals surface area contributed by atoms with Crippen LogP contribution in [0.1, 0.15) is 12.8 Å². The minimum absolute atomic E-state index is 0.0794. The Morgan fingerprint density at radius 2 is 1.76 bits per heavy atom. The number of hydrogen-bond donors (Lipinski definition) is 1. The van der Waals surface area contributed by atoms with Crippen molar-refractivity contribution in [1.29, 1.82) is 0 Å². The van der Waals surface area contributed by atoms with E-state index >= 15 is 0 Å². The summed E-state index contributed by atoms with van der Waals surface area (Å²) in [4.78, 5) is 38.0. The Bertz CT molecular complexity index is 849. The van der Waals surface area contributed by atoms with Gasteiger partial charge in [-0.1, -0.05) is 18.2 Å². The number of carbonyl (C=O) groups excluding carboxylic acids is 3. The highest BCUT2D eigenvalue weighted by Crippen LogP contribution is 2.34. The number of imide groups is 1. The molecule has 2 atom stereocenters. The number of likely N-dealkylation sites (tertiary alicyclic amines) is 1. The van der Waals surface area contributed by atoms with E-state index in [-0.39, 0.29) is 35.1 Å². The summed E-state index contributed by atoms with van der Waals surface area (Å²) >= 11 is 0. The minimum atomic E-state index is -3.39. The van der Waals surface area contributed by atoms with Gasteiger partial charge in [0.05, 0.1) is 16.7 Å². The van der Waals surface area contributed by atoms with E-state index in [1.54, 1.807) is 6.07 Å². The quantitative estimate of drug-likeness (QED) is 0.636. The summed E-state index contributed by atoms with van der Waals surface area (Å²) in [6.45, 7) is -0.367. The first-order valence-corrected chi connectivity index (χ1v) is 9.76. The Morgan fingerprint density at radius 3 is 2.32 bits per heavy atom. The Morgan fingerprint density at radius 1 is 1.16 bits per heavy atom. The number of nitrogens with zero attached hydrogens (tertiary/aromatic N) is 1. The Kier molecular flexibility index (Phi) is 4.47. The normalized spacial score (nSPS) is 22.8. The third-order valence-electron chi connectivity index (χ3n) is 4.45. The highest BCUT2D eigenvalue weighted by Gasteiger charge is 2.47. The zero-order chi connectivity index (χ0) is 18.2. The first-order valence-electron chi connectivity index (χ1n) is 7.87. The van der Waals surface area contributed by atoms with Gasteiger partial charge in [-0.15, -0.1) is 0 Å². The number of anilines is 1. The molecule has 2 aliphatic rings. The standard InChI is InChI=1S/C17H18N2O5S/c1-25(23,24)12-6-4-5-11(9-12)18-15(20)10-19-16(21)13-7-2-3-8-14(13)17(19)22/h2-6,9,13-14H,7-8,10H2,1H3,(H,18,20)/t13-,14-/m1/s1. The first-order chi connectivity index (χ1) is 11.8. The second-order valence-electron chi connectivity index (χ2n) is 6.27. The number of fused-ring (bicyclic) bond motifs is 1. The maximum absolute atomic E-state index is 12.3. The molecule has 3 rings (SSSR count). The summed E-state index contributed by atoms with van der Waals surface area (Å²) in [5.74, 6) is -1.93. The zero-order valence-corrected chi connectivity index (χ0v) is 14.5. The minimum Gasteiger partial charge on any atom is -0.324 e. The largest absolute Gasteiger partial charge is 0.324 e. The predicted octanol–water partition coefficient (Wildman–Crippen LogP) is 0.980. The molecule has 0 bridgehead atoms. The summed E-state index contributed by atoms with van der Waals surface area (Å²) in [7, 11) is -3.39. The molecule has 1 N–H and O–H groups in total. The third kappa shape index (κ3) is 3.48. The van der Waals surface area contributed by atoms with E-state index < -0.39 is 15.7 Å². The molecule has 1 saturated heterocycles. The molecule has 1 aliphatic carbocycles. The second-order valence-corrected chi connectivity index (χ2v) is 8.28. The molecule has 25 heavy (non-hydrogen) atoms. The lowest BCUT2D eigenvalue weighted by Crippen LogP contribution is -2.38. The molecule has 8 heteroatoms. The topological polar surface area (TPSA) is 101 Å². The van der Waals surface area contributed by atoms with Crippen molar-refractivity contribution >= 4 is 33.2 Å². The Hall–Kier alpha value is -2.48. The van der Waals surface area contributed by atoms with Gasteiger partial charge in [0, 0.05) is 11.9 Å². The SMILES string of the molecule is CS(=O)(=O)c1cccc(NC(=O)CN2C(=O)[C@@H]3CC=CC[C@H]3C2=O)c1. The number of carbonyl (C=O) groups is 3. The van der Waals surface area contributed by atoms with E-state index in [1.807, 2.05) is 12.2 Å². The number of hydrogen-bond acceptors (Lipinski definition) is 5. The van der Waals surface area contributed by atoms with Crippen LogP contribution in [0, 0.1) is 11.8 Å². The van der Waals surface area contributed by atoms with E-state index in [1.165, 1.54) is 18.2 Å². The van der Waals surface area contributed by atoms with E-state index in [4.69, 9.17) is 0 Å². The van der Waals surface area contributed by atoms with Crippen molar-refractivity contribution in [3.8, 4) is 0 Å². The number of nitrogens with one attached hydrogen (secondary N) is 1. The van der Waals surface area contributed by atoms with Crippen LogP contribution in [0.4, 0.5) is 5.69 Å². The molecular weight excluding hydrogens is 344 g/mol. The molecule has 1 heterocycles. The van der Waals surface area contributed by atoms with Gasteiger partial charge in [0.1, 0.15) is 6.54 Å². The van der Waals surface area contributed by atoms with Crippen LogP contribution in [-0.4, -0.2) is 43.8 Å². The van der Waals surface area contributed by atoms with Crippen LogP contribution in [0.5, 0.6) is 0 Å². The lowest BCUT2D eigenvalue weighted by atomic mass is 9.85. The van der Waals surface area contributed by atoms with E-state index in [2.05, 4.69) is 5.32 Å². The monoisotopic (exact) mass is 362 g/mol. The molecule has 132 valence electrons. The Labute approximate surface area is 145 Å². The van der Waals surface area contributed by atoms with Crippen LogP contribution < -0.4 is 5.32 Å². The molecule has 0 radical (unpaired) electrons. The van der Waals surface area contributed by atoms with Gasteiger partial charge >= 0.3 is 0 Å². The molecule has 7 nitrogen and oxygen atoms in total. The van der Waals surface area contributed by atoms with E-state index in [9.17, 15) is 22.8 Å². The van der Waals surface area contributed by atoms with Crippen LogP contribution in [0.3, 0.4) is 0 Å². The van der Waals surface area contributed by atoms with Gasteiger partial charge in [0.2, 0.25) is 17.7 Å². The van der Waals surface area contributed by atoms with Crippen molar-refractivity contribution in [1.82, 2.24) is 4.90 Å². The van der Waals surface area contributed by atoms with Crippen molar-refractivity contribution in [2.75, 3.05) is 18.1 Å². The third-order valence-corrected chi connectivity index (χ3v) is 5.56. The molecule has 1 aromatic rings. The Balaban J connectivity index is 1.69. The smallest absolute Gasteiger partial charge is 0.244 e. The summed E-state index contributed by atoms with van der Waals surface area (Å²) < 4.78 is 23.1. The van der Waals surface area contributed by atoms with E-state index in [0.717, 1.165) is 11.2 Å². The number of amides is 3.